The lowest BCUT2D eigenvalue weighted by atomic mass is 10.2. The number of nitrogens with zero attached hydrogens (tertiary/aromatic N) is 4. The van der Waals surface area contributed by atoms with Gasteiger partial charge in [-0.15, -0.1) is 11.3 Å². The summed E-state index contributed by atoms with van der Waals surface area (Å²) in [6.45, 7) is 9.86. The van der Waals surface area contributed by atoms with Gasteiger partial charge in [-0.3, -0.25) is 19.5 Å². The van der Waals surface area contributed by atoms with Crippen LogP contribution in [0.3, 0.4) is 0 Å². The van der Waals surface area contributed by atoms with E-state index in [1.54, 1.807) is 11.3 Å². The van der Waals surface area contributed by atoms with Gasteiger partial charge in [0.2, 0.25) is 5.91 Å². The summed E-state index contributed by atoms with van der Waals surface area (Å²) >= 11 is 1.80. The maximum Gasteiger partial charge on any atom is 0.236 e. The molecule has 0 unspecified atom stereocenters. The number of thiophene rings is 1. The van der Waals surface area contributed by atoms with Crippen LogP contribution < -0.4 is 0 Å². The van der Waals surface area contributed by atoms with Crippen LogP contribution in [0.2, 0.25) is 0 Å². The van der Waals surface area contributed by atoms with Gasteiger partial charge in [0.05, 0.1) is 13.2 Å². The molecule has 7 heteroatoms. The Morgan fingerprint density at radius 1 is 1.00 bits per heavy atom. The molecule has 0 aromatic carbocycles. The summed E-state index contributed by atoms with van der Waals surface area (Å²) in [5, 5.41) is 11.1. The summed E-state index contributed by atoms with van der Waals surface area (Å²) in [5.41, 5.74) is 0. The summed E-state index contributed by atoms with van der Waals surface area (Å²) in [6.07, 6.45) is 0. The van der Waals surface area contributed by atoms with Gasteiger partial charge in [-0.05, 0) is 11.4 Å². The van der Waals surface area contributed by atoms with Crippen molar-refractivity contribution in [3.63, 3.8) is 0 Å². The van der Waals surface area contributed by atoms with Crippen molar-refractivity contribution in [1.29, 1.82) is 0 Å². The summed E-state index contributed by atoms with van der Waals surface area (Å²) in [7, 11) is 0. The van der Waals surface area contributed by atoms with Gasteiger partial charge < -0.3 is 10.0 Å². The molecule has 0 spiro atoms. The summed E-state index contributed by atoms with van der Waals surface area (Å²) in [4.78, 5) is 22.9. The molecule has 1 amide bonds. The fourth-order valence-corrected chi connectivity index (χ4v) is 4.13. The van der Waals surface area contributed by atoms with Crippen LogP contribution in [0.1, 0.15) is 4.88 Å². The van der Waals surface area contributed by atoms with Crippen LogP contribution in [0.15, 0.2) is 17.5 Å². The molecule has 3 heterocycles. The Morgan fingerprint density at radius 3 is 2.29 bits per heavy atom. The first-order chi connectivity index (χ1) is 11.7. The molecule has 1 N–H and O–H groups in total. The van der Waals surface area contributed by atoms with Crippen LogP contribution >= 0.6 is 11.3 Å². The van der Waals surface area contributed by atoms with Crippen molar-refractivity contribution in [3.8, 4) is 0 Å². The van der Waals surface area contributed by atoms with Crippen LogP contribution in [0.4, 0.5) is 0 Å². The molecule has 2 fully saturated rings. The predicted molar refractivity (Wildman–Crippen MR) is 96.1 cm³/mol. The molecule has 0 aliphatic carbocycles. The maximum absolute atomic E-state index is 12.5. The van der Waals surface area contributed by atoms with E-state index in [0.29, 0.717) is 6.54 Å². The first kappa shape index (κ1) is 17.8. The molecule has 0 saturated carbocycles. The predicted octanol–water partition coefficient (Wildman–Crippen LogP) is 0.00220. The second kappa shape index (κ2) is 8.92. The third-order valence-electron chi connectivity index (χ3n) is 4.92. The van der Waals surface area contributed by atoms with Crippen LogP contribution in [0.25, 0.3) is 0 Å². The number of amides is 1. The summed E-state index contributed by atoms with van der Waals surface area (Å²) < 4.78 is 0. The lowest BCUT2D eigenvalue weighted by molar-refractivity contribution is -0.134. The standard InChI is InChI=1S/C17H28N4O2S/c22-12-11-18-3-5-20(6-4-18)15-17(23)21-9-7-19(8-10-21)14-16-2-1-13-24-16/h1-2,13,22H,3-12,14-15H2. The molecule has 3 rings (SSSR count). The van der Waals surface area contributed by atoms with E-state index in [1.165, 1.54) is 4.88 Å². The molecular formula is C17H28N4O2S. The van der Waals surface area contributed by atoms with E-state index < -0.39 is 0 Å². The third-order valence-corrected chi connectivity index (χ3v) is 5.79. The lowest BCUT2D eigenvalue weighted by Crippen LogP contribution is -2.53. The number of piperazine rings is 2. The fraction of sp³-hybridized carbons (Fsp3) is 0.706. The molecule has 134 valence electrons. The van der Waals surface area contributed by atoms with Crippen LogP contribution in [-0.4, -0.2) is 103 Å². The van der Waals surface area contributed by atoms with Gasteiger partial charge in [-0.2, -0.15) is 0 Å². The van der Waals surface area contributed by atoms with Crippen molar-refractivity contribution < 1.29 is 9.90 Å². The number of carbonyl (C=O) groups is 1. The molecule has 0 atom stereocenters. The third kappa shape index (κ3) is 5.00. The highest BCUT2D eigenvalue weighted by Gasteiger charge is 2.24. The van der Waals surface area contributed by atoms with Crippen molar-refractivity contribution in [2.24, 2.45) is 0 Å². The lowest BCUT2D eigenvalue weighted by Gasteiger charge is -2.37. The van der Waals surface area contributed by atoms with Gasteiger partial charge in [0.15, 0.2) is 0 Å². The smallest absolute Gasteiger partial charge is 0.236 e. The molecule has 2 aliphatic rings. The second-order valence-corrected chi connectivity index (χ2v) is 7.61. The topological polar surface area (TPSA) is 50.3 Å². The van der Waals surface area contributed by atoms with Crippen molar-refractivity contribution in [2.75, 3.05) is 72.1 Å². The molecule has 24 heavy (non-hydrogen) atoms. The van der Waals surface area contributed by atoms with E-state index in [9.17, 15) is 4.79 Å². The minimum atomic E-state index is 0.217. The van der Waals surface area contributed by atoms with Gasteiger partial charge in [-0.25, -0.2) is 0 Å². The number of aliphatic hydroxyl groups is 1. The average molecular weight is 353 g/mol. The largest absolute Gasteiger partial charge is 0.395 e. The molecule has 0 radical (unpaired) electrons. The first-order valence-corrected chi connectivity index (χ1v) is 9.70. The van der Waals surface area contributed by atoms with Crippen LogP contribution in [0, 0.1) is 0 Å². The van der Waals surface area contributed by atoms with Crippen molar-refractivity contribution in [1.82, 2.24) is 19.6 Å². The summed E-state index contributed by atoms with van der Waals surface area (Å²) in [5.74, 6) is 0.265. The Morgan fingerprint density at radius 2 is 1.67 bits per heavy atom. The Kier molecular flexibility index (Phi) is 6.62. The summed E-state index contributed by atoms with van der Waals surface area (Å²) in [6, 6.07) is 4.28. The average Bonchev–Trinajstić information content (AvgIpc) is 3.10. The van der Waals surface area contributed by atoms with E-state index in [1.807, 2.05) is 4.90 Å². The molecule has 1 aromatic rings. The highest BCUT2D eigenvalue weighted by molar-refractivity contribution is 7.09. The zero-order valence-electron chi connectivity index (χ0n) is 14.3. The number of hydrogen-bond donors (Lipinski definition) is 1. The van der Waals surface area contributed by atoms with Crippen molar-refractivity contribution in [2.45, 2.75) is 6.54 Å². The highest BCUT2D eigenvalue weighted by atomic mass is 32.1. The molecule has 2 saturated heterocycles. The van der Waals surface area contributed by atoms with E-state index >= 15 is 0 Å². The van der Waals surface area contributed by atoms with Crippen molar-refractivity contribution >= 4 is 17.2 Å². The minimum Gasteiger partial charge on any atom is -0.395 e. The number of aliphatic hydroxyl groups excluding tert-OH is 1. The Hall–Kier alpha value is -0.990. The minimum absolute atomic E-state index is 0.217. The quantitative estimate of drug-likeness (QED) is 0.781. The van der Waals surface area contributed by atoms with E-state index in [2.05, 4.69) is 32.2 Å². The monoisotopic (exact) mass is 352 g/mol. The van der Waals surface area contributed by atoms with Gasteiger partial charge in [0.25, 0.3) is 0 Å². The van der Waals surface area contributed by atoms with Gasteiger partial charge in [0, 0.05) is 70.3 Å². The van der Waals surface area contributed by atoms with Gasteiger partial charge in [0.1, 0.15) is 0 Å². The SMILES string of the molecule is O=C(CN1CCN(CCO)CC1)N1CCN(Cc2cccs2)CC1. The molecule has 2 aliphatic heterocycles. The van der Waals surface area contributed by atoms with Gasteiger partial charge >= 0.3 is 0 Å². The Labute approximate surface area is 148 Å². The molecular weight excluding hydrogens is 324 g/mol. The first-order valence-electron chi connectivity index (χ1n) is 8.82. The number of carbonyl (C=O) groups excluding carboxylic acids is 1. The zero-order valence-corrected chi connectivity index (χ0v) is 15.1. The number of rotatable bonds is 6. The Balaban J connectivity index is 1.36. The normalized spacial score (nSPS) is 21.3. The van der Waals surface area contributed by atoms with E-state index in [0.717, 1.165) is 65.4 Å². The Bertz CT molecular complexity index is 495. The van der Waals surface area contributed by atoms with E-state index in [-0.39, 0.29) is 12.5 Å². The second-order valence-electron chi connectivity index (χ2n) is 6.58. The fourth-order valence-electron chi connectivity index (χ4n) is 3.38. The maximum atomic E-state index is 12.5. The van der Waals surface area contributed by atoms with E-state index in [4.69, 9.17) is 5.11 Å². The molecule has 6 nitrogen and oxygen atoms in total. The molecule has 1 aromatic heterocycles. The number of β-amino-alcohol motifs (C(OH)–C–C–N with tert-alkyl or cyclic N) is 1. The number of hydrogen-bond acceptors (Lipinski definition) is 6. The van der Waals surface area contributed by atoms with Crippen LogP contribution in [0.5, 0.6) is 0 Å². The highest BCUT2D eigenvalue weighted by Crippen LogP contribution is 2.14. The van der Waals surface area contributed by atoms with Crippen molar-refractivity contribution in [3.05, 3.63) is 22.4 Å². The molecule has 0 bridgehead atoms. The van der Waals surface area contributed by atoms with Crippen LogP contribution in [-0.2, 0) is 11.3 Å². The zero-order chi connectivity index (χ0) is 16.8. The van der Waals surface area contributed by atoms with Gasteiger partial charge in [-0.1, -0.05) is 6.07 Å².